The van der Waals surface area contributed by atoms with Crippen molar-refractivity contribution in [2.45, 2.75) is 19.0 Å². The Balaban J connectivity index is 2.76. The number of halogens is 3. The van der Waals surface area contributed by atoms with Crippen molar-refractivity contribution in [1.29, 1.82) is 0 Å². The van der Waals surface area contributed by atoms with E-state index in [2.05, 4.69) is 0 Å². The molecule has 100 valence electrons. The quantitative estimate of drug-likeness (QED) is 0.902. The van der Waals surface area contributed by atoms with Crippen LogP contribution in [0.15, 0.2) is 24.3 Å². The maximum absolute atomic E-state index is 12.2. The second kappa shape index (κ2) is 5.86. The first kappa shape index (κ1) is 14.5. The molecular formula is C12H14F3NO2. The number of carbonyl (C=O) groups is 1. The Morgan fingerprint density at radius 1 is 1.28 bits per heavy atom. The number of amides is 1. The molecule has 1 rings (SSSR count). The van der Waals surface area contributed by atoms with E-state index in [1.165, 1.54) is 12.1 Å². The Bertz CT molecular complexity index is 401. The summed E-state index contributed by atoms with van der Waals surface area (Å²) in [6.07, 6.45) is -3.63. The molecule has 0 saturated carbocycles. The molecule has 1 aromatic carbocycles. The van der Waals surface area contributed by atoms with Gasteiger partial charge in [0.05, 0.1) is 0 Å². The number of aliphatic hydroxyl groups excluding tert-OH is 1. The molecule has 0 bridgehead atoms. The van der Waals surface area contributed by atoms with Crippen molar-refractivity contribution in [2.75, 3.05) is 18.6 Å². The second-order valence-electron chi connectivity index (χ2n) is 3.86. The Morgan fingerprint density at radius 3 is 2.28 bits per heavy atom. The number of aryl methyl sites for hydroxylation is 1. The van der Waals surface area contributed by atoms with Crippen molar-refractivity contribution in [2.24, 2.45) is 0 Å². The monoisotopic (exact) mass is 261 g/mol. The van der Waals surface area contributed by atoms with Gasteiger partial charge in [0.1, 0.15) is 0 Å². The van der Waals surface area contributed by atoms with Crippen LogP contribution in [0.1, 0.15) is 12.0 Å². The molecule has 0 unspecified atom stereocenters. The zero-order valence-corrected chi connectivity index (χ0v) is 9.87. The van der Waals surface area contributed by atoms with Crippen molar-refractivity contribution in [1.82, 2.24) is 0 Å². The van der Waals surface area contributed by atoms with Gasteiger partial charge < -0.3 is 10.0 Å². The van der Waals surface area contributed by atoms with E-state index >= 15 is 0 Å². The lowest BCUT2D eigenvalue weighted by atomic mass is 10.1. The van der Waals surface area contributed by atoms with E-state index in [1.807, 2.05) is 0 Å². The number of carbonyl (C=O) groups excluding carboxylic acids is 1. The average molecular weight is 261 g/mol. The Hall–Kier alpha value is -1.56. The zero-order chi connectivity index (χ0) is 13.8. The van der Waals surface area contributed by atoms with Gasteiger partial charge in [-0.1, -0.05) is 12.1 Å². The first-order chi connectivity index (χ1) is 8.36. The highest BCUT2D eigenvalue weighted by atomic mass is 19.4. The van der Waals surface area contributed by atoms with Crippen LogP contribution in [0.25, 0.3) is 0 Å². The summed E-state index contributed by atoms with van der Waals surface area (Å²) in [6.45, 7) is 0.0637. The highest BCUT2D eigenvalue weighted by Crippen LogP contribution is 2.22. The Morgan fingerprint density at radius 2 is 1.83 bits per heavy atom. The maximum Gasteiger partial charge on any atom is 0.471 e. The molecule has 0 spiro atoms. The molecule has 0 aliphatic rings. The molecule has 1 amide bonds. The number of nitrogens with zero attached hydrogens (tertiary/aromatic N) is 1. The van der Waals surface area contributed by atoms with Gasteiger partial charge in [-0.15, -0.1) is 0 Å². The molecule has 0 aliphatic carbocycles. The van der Waals surface area contributed by atoms with E-state index in [1.54, 1.807) is 12.1 Å². The molecular weight excluding hydrogens is 247 g/mol. The van der Waals surface area contributed by atoms with Crippen molar-refractivity contribution >= 4 is 11.6 Å². The van der Waals surface area contributed by atoms with Crippen molar-refractivity contribution < 1.29 is 23.1 Å². The van der Waals surface area contributed by atoms with E-state index in [0.29, 0.717) is 17.7 Å². The number of benzene rings is 1. The minimum atomic E-state index is -4.87. The molecule has 0 saturated heterocycles. The van der Waals surface area contributed by atoms with Crippen molar-refractivity contribution in [3.05, 3.63) is 29.8 Å². The van der Waals surface area contributed by atoms with Crippen molar-refractivity contribution in [3.8, 4) is 0 Å². The number of anilines is 1. The van der Waals surface area contributed by atoms with Gasteiger partial charge in [-0.2, -0.15) is 13.2 Å². The van der Waals surface area contributed by atoms with Crippen LogP contribution in [0.3, 0.4) is 0 Å². The standard InChI is InChI=1S/C12H14F3NO2/c1-16(11(18)12(13,14)15)10-6-4-9(5-7-10)3-2-8-17/h4-7,17H,2-3,8H2,1H3. The molecule has 1 N–H and O–H groups in total. The van der Waals surface area contributed by atoms with Gasteiger partial charge in [0.2, 0.25) is 0 Å². The van der Waals surface area contributed by atoms with Gasteiger partial charge in [-0.05, 0) is 30.5 Å². The van der Waals surface area contributed by atoms with E-state index < -0.39 is 12.1 Å². The maximum atomic E-state index is 12.2. The SMILES string of the molecule is CN(C(=O)C(F)(F)F)c1ccc(CCCO)cc1. The van der Waals surface area contributed by atoms with Gasteiger partial charge in [-0.3, -0.25) is 4.79 Å². The predicted molar refractivity (Wildman–Crippen MR) is 61.3 cm³/mol. The third-order valence-corrected chi connectivity index (χ3v) is 2.49. The van der Waals surface area contributed by atoms with Gasteiger partial charge in [0.25, 0.3) is 0 Å². The van der Waals surface area contributed by atoms with E-state index in [0.717, 1.165) is 12.6 Å². The van der Waals surface area contributed by atoms with Gasteiger partial charge >= 0.3 is 12.1 Å². The fourth-order valence-corrected chi connectivity index (χ4v) is 1.48. The highest BCUT2D eigenvalue weighted by molar-refractivity contribution is 5.96. The number of hydrogen-bond donors (Lipinski definition) is 1. The largest absolute Gasteiger partial charge is 0.471 e. The summed E-state index contributed by atoms with van der Waals surface area (Å²) in [4.78, 5) is 11.6. The molecule has 0 fully saturated rings. The molecule has 0 radical (unpaired) electrons. The second-order valence-corrected chi connectivity index (χ2v) is 3.86. The van der Waals surface area contributed by atoms with Crippen molar-refractivity contribution in [3.63, 3.8) is 0 Å². The fourth-order valence-electron chi connectivity index (χ4n) is 1.48. The minimum absolute atomic E-state index is 0.0637. The molecule has 0 aromatic heterocycles. The average Bonchev–Trinajstić information content (AvgIpc) is 2.34. The third kappa shape index (κ3) is 3.73. The van der Waals surface area contributed by atoms with Crippen LogP contribution in [-0.4, -0.2) is 30.8 Å². The van der Waals surface area contributed by atoms with E-state index in [-0.39, 0.29) is 12.3 Å². The summed E-state index contributed by atoms with van der Waals surface area (Å²) in [6, 6.07) is 6.20. The summed E-state index contributed by atoms with van der Waals surface area (Å²) in [5.41, 5.74) is 1.09. The van der Waals surface area contributed by atoms with Gasteiger partial charge in [0, 0.05) is 19.3 Å². The zero-order valence-electron chi connectivity index (χ0n) is 9.87. The summed E-state index contributed by atoms with van der Waals surface area (Å²) in [7, 11) is 1.08. The van der Waals surface area contributed by atoms with Crippen LogP contribution in [0.2, 0.25) is 0 Å². The number of rotatable bonds is 4. The molecule has 1 aromatic rings. The number of hydrogen-bond acceptors (Lipinski definition) is 2. The molecule has 0 aliphatic heterocycles. The van der Waals surface area contributed by atoms with Crippen LogP contribution >= 0.6 is 0 Å². The summed E-state index contributed by atoms with van der Waals surface area (Å²) in [5, 5.41) is 8.65. The number of alkyl halides is 3. The molecule has 6 heteroatoms. The first-order valence-corrected chi connectivity index (χ1v) is 5.41. The summed E-state index contributed by atoms with van der Waals surface area (Å²) in [5.74, 6) is -1.90. The van der Waals surface area contributed by atoms with E-state index in [9.17, 15) is 18.0 Å². The molecule has 18 heavy (non-hydrogen) atoms. The summed E-state index contributed by atoms with van der Waals surface area (Å²) < 4.78 is 36.6. The molecule has 0 atom stereocenters. The Kier molecular flexibility index (Phi) is 4.72. The van der Waals surface area contributed by atoms with E-state index in [4.69, 9.17) is 5.11 Å². The highest BCUT2D eigenvalue weighted by Gasteiger charge is 2.41. The minimum Gasteiger partial charge on any atom is -0.396 e. The van der Waals surface area contributed by atoms with Gasteiger partial charge in [-0.25, -0.2) is 0 Å². The lowest BCUT2D eigenvalue weighted by Crippen LogP contribution is -2.38. The van der Waals surface area contributed by atoms with Crippen LogP contribution in [-0.2, 0) is 11.2 Å². The first-order valence-electron chi connectivity index (χ1n) is 5.41. The lowest BCUT2D eigenvalue weighted by molar-refractivity contribution is -0.170. The third-order valence-electron chi connectivity index (χ3n) is 2.49. The number of aliphatic hydroxyl groups is 1. The van der Waals surface area contributed by atoms with Crippen LogP contribution in [0.5, 0.6) is 0 Å². The summed E-state index contributed by atoms with van der Waals surface area (Å²) >= 11 is 0. The van der Waals surface area contributed by atoms with Crippen LogP contribution in [0, 0.1) is 0 Å². The molecule has 3 nitrogen and oxygen atoms in total. The van der Waals surface area contributed by atoms with Gasteiger partial charge in [0.15, 0.2) is 0 Å². The normalized spacial score (nSPS) is 11.4. The fraction of sp³-hybridized carbons (Fsp3) is 0.417. The lowest BCUT2D eigenvalue weighted by Gasteiger charge is -2.19. The molecule has 0 heterocycles. The smallest absolute Gasteiger partial charge is 0.396 e. The Labute approximate surface area is 103 Å². The van der Waals surface area contributed by atoms with Crippen LogP contribution < -0.4 is 4.90 Å². The van der Waals surface area contributed by atoms with Crippen LogP contribution in [0.4, 0.5) is 18.9 Å². The predicted octanol–water partition coefficient (Wildman–Crippen LogP) is 2.14. The topological polar surface area (TPSA) is 40.5 Å².